The summed E-state index contributed by atoms with van der Waals surface area (Å²) in [7, 11) is 1.65. The van der Waals surface area contributed by atoms with E-state index < -0.39 is 0 Å². The van der Waals surface area contributed by atoms with Gasteiger partial charge in [-0.1, -0.05) is 18.2 Å². The summed E-state index contributed by atoms with van der Waals surface area (Å²) in [6.07, 6.45) is 8.17. The molecule has 0 spiro atoms. The second kappa shape index (κ2) is 6.05. The Balaban J connectivity index is 1.76. The van der Waals surface area contributed by atoms with Crippen LogP contribution < -0.4 is 4.74 Å². The lowest BCUT2D eigenvalue weighted by Gasteiger charge is -1.98. The number of pyridine rings is 1. The molecule has 3 aromatic rings. The molecule has 0 aliphatic heterocycles. The maximum Gasteiger partial charge on any atom is 0.219 e. The van der Waals surface area contributed by atoms with Crippen LogP contribution in [0.4, 0.5) is 0 Å². The number of benzene rings is 1. The third kappa shape index (κ3) is 3.17. The molecule has 0 unspecified atom stereocenters. The predicted octanol–water partition coefficient (Wildman–Crippen LogP) is 3.72. The minimum Gasteiger partial charge on any atom is -0.497 e. The molecule has 0 aliphatic carbocycles. The Bertz CT molecular complexity index is 731. The van der Waals surface area contributed by atoms with E-state index in [-0.39, 0.29) is 0 Å². The molecule has 0 saturated carbocycles. The number of rotatable bonds is 4. The molecule has 1 radical (unpaired) electrons. The summed E-state index contributed by atoms with van der Waals surface area (Å²) in [6, 6.07) is 13.2. The summed E-state index contributed by atoms with van der Waals surface area (Å²) in [5.74, 6) is 1.99. The van der Waals surface area contributed by atoms with Crippen LogP contribution in [0.3, 0.4) is 0 Å². The zero-order valence-electron chi connectivity index (χ0n) is 11.5. The Morgan fingerprint density at radius 3 is 2.71 bits per heavy atom. The molecule has 0 bridgehead atoms. The fraction of sp³-hybridized carbons (Fsp3) is 0.0588. The van der Waals surface area contributed by atoms with Gasteiger partial charge in [0.25, 0.3) is 0 Å². The van der Waals surface area contributed by atoms with E-state index in [9.17, 15) is 0 Å². The minimum absolute atomic E-state index is 0.534. The van der Waals surface area contributed by atoms with Gasteiger partial charge in [-0.2, -0.15) is 0 Å². The average Bonchev–Trinajstić information content (AvgIpc) is 3.03. The van der Waals surface area contributed by atoms with Crippen molar-refractivity contribution in [3.8, 4) is 17.2 Å². The molecule has 0 saturated heterocycles. The van der Waals surface area contributed by atoms with Crippen LogP contribution in [0.2, 0.25) is 0 Å². The van der Waals surface area contributed by atoms with Crippen LogP contribution >= 0.6 is 0 Å². The highest BCUT2D eigenvalue weighted by molar-refractivity contribution is 5.67. The molecule has 0 amide bonds. The van der Waals surface area contributed by atoms with E-state index in [1.54, 1.807) is 19.4 Å². The lowest BCUT2D eigenvalue weighted by Crippen LogP contribution is -1.81. The van der Waals surface area contributed by atoms with Crippen molar-refractivity contribution in [3.05, 3.63) is 66.3 Å². The van der Waals surface area contributed by atoms with E-state index in [1.165, 1.54) is 0 Å². The molecular formula is C17H13N2O2. The number of hydrogen-bond donors (Lipinski definition) is 0. The van der Waals surface area contributed by atoms with E-state index in [0.29, 0.717) is 17.3 Å². The Morgan fingerprint density at radius 1 is 1.14 bits per heavy atom. The van der Waals surface area contributed by atoms with E-state index in [2.05, 4.69) is 16.2 Å². The molecule has 3 rings (SSSR count). The minimum atomic E-state index is 0.534. The second-order valence-corrected chi connectivity index (χ2v) is 4.32. The predicted molar refractivity (Wildman–Crippen MR) is 80.5 cm³/mol. The second-order valence-electron chi connectivity index (χ2n) is 4.32. The molecule has 2 aromatic heterocycles. The fourth-order valence-electron chi connectivity index (χ4n) is 1.83. The topological polar surface area (TPSA) is 48.2 Å². The monoisotopic (exact) mass is 277 g/mol. The van der Waals surface area contributed by atoms with E-state index in [0.717, 1.165) is 11.3 Å². The zero-order valence-corrected chi connectivity index (χ0v) is 11.5. The molecule has 0 fully saturated rings. The van der Waals surface area contributed by atoms with Gasteiger partial charge in [-0.05, 0) is 35.9 Å². The molecule has 2 heterocycles. The zero-order chi connectivity index (χ0) is 14.5. The van der Waals surface area contributed by atoms with Crippen LogP contribution in [0.5, 0.6) is 5.75 Å². The summed E-state index contributed by atoms with van der Waals surface area (Å²) in [6.45, 7) is 0. The molecule has 21 heavy (non-hydrogen) atoms. The molecule has 0 aliphatic rings. The van der Waals surface area contributed by atoms with Crippen LogP contribution in [-0.2, 0) is 0 Å². The summed E-state index contributed by atoms with van der Waals surface area (Å²) in [4.78, 5) is 8.31. The SMILES string of the molecule is COc1ccc(C=Cc2ncc(-c3ccc[c]n3)o2)cc1. The molecule has 4 heteroatoms. The van der Waals surface area contributed by atoms with Gasteiger partial charge in [0.2, 0.25) is 5.89 Å². The Hall–Kier alpha value is -2.88. The van der Waals surface area contributed by atoms with Gasteiger partial charge in [-0.15, -0.1) is 0 Å². The van der Waals surface area contributed by atoms with Gasteiger partial charge in [0.1, 0.15) is 11.4 Å². The first-order chi connectivity index (χ1) is 10.3. The third-order valence-electron chi connectivity index (χ3n) is 2.92. The Labute approximate surface area is 122 Å². The number of nitrogens with zero attached hydrogens (tertiary/aromatic N) is 2. The first kappa shape index (κ1) is 13.1. The van der Waals surface area contributed by atoms with Gasteiger partial charge in [0, 0.05) is 6.08 Å². The third-order valence-corrected chi connectivity index (χ3v) is 2.92. The van der Waals surface area contributed by atoms with Crippen molar-refractivity contribution >= 4 is 12.2 Å². The molecule has 4 nitrogen and oxygen atoms in total. The normalized spacial score (nSPS) is 10.9. The number of oxazole rings is 1. The van der Waals surface area contributed by atoms with Crippen LogP contribution in [0.1, 0.15) is 11.5 Å². The first-order valence-corrected chi connectivity index (χ1v) is 6.46. The fourth-order valence-corrected chi connectivity index (χ4v) is 1.83. The number of hydrogen-bond acceptors (Lipinski definition) is 4. The van der Waals surface area contributed by atoms with E-state index in [4.69, 9.17) is 9.15 Å². The quantitative estimate of drug-likeness (QED) is 0.729. The van der Waals surface area contributed by atoms with Gasteiger partial charge >= 0.3 is 0 Å². The highest BCUT2D eigenvalue weighted by Gasteiger charge is 2.04. The van der Waals surface area contributed by atoms with Crippen molar-refractivity contribution in [3.63, 3.8) is 0 Å². The van der Waals surface area contributed by atoms with Crippen LogP contribution in [-0.4, -0.2) is 17.1 Å². The summed E-state index contributed by atoms with van der Waals surface area (Å²) < 4.78 is 10.8. The highest BCUT2D eigenvalue weighted by atomic mass is 16.5. The lowest BCUT2D eigenvalue weighted by atomic mass is 10.2. The van der Waals surface area contributed by atoms with Crippen molar-refractivity contribution in [1.82, 2.24) is 9.97 Å². The van der Waals surface area contributed by atoms with E-state index >= 15 is 0 Å². The summed E-state index contributed by atoms with van der Waals surface area (Å²) >= 11 is 0. The lowest BCUT2D eigenvalue weighted by molar-refractivity contribution is 0.415. The molecule has 0 N–H and O–H groups in total. The van der Waals surface area contributed by atoms with Crippen molar-refractivity contribution < 1.29 is 9.15 Å². The van der Waals surface area contributed by atoms with Gasteiger partial charge < -0.3 is 9.15 Å². The van der Waals surface area contributed by atoms with Crippen LogP contribution in [0.25, 0.3) is 23.6 Å². The van der Waals surface area contributed by atoms with Crippen LogP contribution in [0.15, 0.2) is 53.1 Å². The van der Waals surface area contributed by atoms with Gasteiger partial charge in [0.15, 0.2) is 5.76 Å². The van der Waals surface area contributed by atoms with Crippen molar-refractivity contribution in [2.24, 2.45) is 0 Å². The highest BCUT2D eigenvalue weighted by Crippen LogP contribution is 2.19. The van der Waals surface area contributed by atoms with E-state index in [1.807, 2.05) is 48.6 Å². The van der Waals surface area contributed by atoms with Gasteiger partial charge in [-0.25, -0.2) is 9.97 Å². The van der Waals surface area contributed by atoms with Crippen LogP contribution in [0, 0.1) is 6.20 Å². The van der Waals surface area contributed by atoms with Crippen molar-refractivity contribution in [2.75, 3.05) is 7.11 Å². The average molecular weight is 277 g/mol. The van der Waals surface area contributed by atoms with Crippen molar-refractivity contribution in [2.45, 2.75) is 0 Å². The Morgan fingerprint density at radius 2 is 2.00 bits per heavy atom. The summed E-state index contributed by atoms with van der Waals surface area (Å²) in [5, 5.41) is 0. The smallest absolute Gasteiger partial charge is 0.219 e. The molecule has 103 valence electrons. The number of ether oxygens (including phenoxy) is 1. The molecule has 0 atom stereocenters. The van der Waals surface area contributed by atoms with Gasteiger partial charge in [0.05, 0.1) is 19.5 Å². The van der Waals surface area contributed by atoms with Gasteiger partial charge in [-0.3, -0.25) is 0 Å². The number of methoxy groups -OCH3 is 1. The van der Waals surface area contributed by atoms with Crippen molar-refractivity contribution in [1.29, 1.82) is 0 Å². The maximum atomic E-state index is 5.63. The first-order valence-electron chi connectivity index (χ1n) is 6.46. The molecular weight excluding hydrogens is 264 g/mol. The Kier molecular flexibility index (Phi) is 3.78. The largest absolute Gasteiger partial charge is 0.497 e. The number of aromatic nitrogens is 2. The maximum absolute atomic E-state index is 5.63. The molecule has 1 aromatic carbocycles. The summed E-state index contributed by atoms with van der Waals surface area (Å²) in [5.41, 5.74) is 1.76. The standard InChI is InChI=1S/C17H13N2O2/c1-20-14-8-5-13(6-9-14)7-10-17-19-12-16(21-17)15-4-2-3-11-18-15/h2-10,12H,1H3.